The average Bonchev–Trinajstić information content (AvgIpc) is 2.19. The molecule has 0 aliphatic carbocycles. The zero-order chi connectivity index (χ0) is 10.7. The van der Waals surface area contributed by atoms with E-state index in [4.69, 9.17) is 16.3 Å². The van der Waals surface area contributed by atoms with Crippen LogP contribution < -0.4 is 10.1 Å². The van der Waals surface area contributed by atoms with Crippen molar-refractivity contribution in [1.29, 1.82) is 0 Å². The average molecular weight is 214 g/mol. The molecule has 0 fully saturated rings. The van der Waals surface area contributed by atoms with Crippen LogP contribution in [0.5, 0.6) is 5.75 Å². The predicted molar refractivity (Wildman–Crippen MR) is 60.2 cm³/mol. The van der Waals surface area contributed by atoms with Crippen molar-refractivity contribution in [1.82, 2.24) is 5.32 Å². The molecule has 1 N–H and O–H groups in total. The molecule has 0 aromatic heterocycles. The number of nitrogens with one attached hydrogen (secondary N) is 1. The van der Waals surface area contributed by atoms with E-state index in [9.17, 15) is 0 Å². The zero-order valence-corrected chi connectivity index (χ0v) is 9.77. The SMILES string of the molecule is CNC(C)c1cc(Cl)c(OC)cc1C. The number of methoxy groups -OCH3 is 1. The molecule has 0 saturated heterocycles. The van der Waals surface area contributed by atoms with Crippen LogP contribution in [0.15, 0.2) is 12.1 Å². The molecule has 0 spiro atoms. The van der Waals surface area contributed by atoms with Crippen molar-refractivity contribution in [2.75, 3.05) is 14.2 Å². The Morgan fingerprint density at radius 3 is 2.57 bits per heavy atom. The molecule has 0 bridgehead atoms. The molecule has 0 radical (unpaired) electrons. The minimum Gasteiger partial charge on any atom is -0.495 e. The van der Waals surface area contributed by atoms with Gasteiger partial charge in [-0.25, -0.2) is 0 Å². The summed E-state index contributed by atoms with van der Waals surface area (Å²) in [6, 6.07) is 4.22. The van der Waals surface area contributed by atoms with Gasteiger partial charge in [-0.1, -0.05) is 11.6 Å². The van der Waals surface area contributed by atoms with Gasteiger partial charge >= 0.3 is 0 Å². The molecule has 1 aromatic rings. The van der Waals surface area contributed by atoms with E-state index in [-0.39, 0.29) is 0 Å². The fourth-order valence-electron chi connectivity index (χ4n) is 1.45. The summed E-state index contributed by atoms with van der Waals surface area (Å²) in [5, 5.41) is 3.85. The number of aryl methyl sites for hydroxylation is 1. The first-order valence-electron chi connectivity index (χ1n) is 4.61. The van der Waals surface area contributed by atoms with Crippen molar-refractivity contribution in [3.8, 4) is 5.75 Å². The van der Waals surface area contributed by atoms with Crippen LogP contribution in [0.25, 0.3) is 0 Å². The third-order valence-corrected chi connectivity index (χ3v) is 2.74. The highest BCUT2D eigenvalue weighted by molar-refractivity contribution is 6.32. The van der Waals surface area contributed by atoms with Gasteiger partial charge in [0.25, 0.3) is 0 Å². The number of rotatable bonds is 3. The molecule has 1 rings (SSSR count). The Balaban J connectivity index is 3.14. The second kappa shape index (κ2) is 4.67. The number of halogens is 1. The lowest BCUT2D eigenvalue weighted by atomic mass is 10.0. The van der Waals surface area contributed by atoms with Gasteiger partial charge in [0, 0.05) is 6.04 Å². The highest BCUT2D eigenvalue weighted by Gasteiger charge is 2.10. The topological polar surface area (TPSA) is 21.3 Å². The van der Waals surface area contributed by atoms with Gasteiger partial charge < -0.3 is 10.1 Å². The Kier molecular flexibility index (Phi) is 3.78. The Labute approximate surface area is 90.2 Å². The van der Waals surface area contributed by atoms with Crippen molar-refractivity contribution >= 4 is 11.6 Å². The largest absolute Gasteiger partial charge is 0.495 e. The van der Waals surface area contributed by atoms with Crippen LogP contribution in [-0.2, 0) is 0 Å². The number of hydrogen-bond donors (Lipinski definition) is 1. The fourth-order valence-corrected chi connectivity index (χ4v) is 1.70. The van der Waals surface area contributed by atoms with E-state index in [1.807, 2.05) is 19.2 Å². The highest BCUT2D eigenvalue weighted by atomic mass is 35.5. The number of ether oxygens (including phenoxy) is 1. The maximum absolute atomic E-state index is 6.05. The maximum atomic E-state index is 6.05. The lowest BCUT2D eigenvalue weighted by Gasteiger charge is -2.15. The van der Waals surface area contributed by atoms with Gasteiger partial charge in [-0.2, -0.15) is 0 Å². The second-order valence-corrected chi connectivity index (χ2v) is 3.76. The smallest absolute Gasteiger partial charge is 0.137 e. The first-order valence-corrected chi connectivity index (χ1v) is 4.99. The molecule has 14 heavy (non-hydrogen) atoms. The van der Waals surface area contributed by atoms with Gasteiger partial charge in [0.2, 0.25) is 0 Å². The van der Waals surface area contributed by atoms with Crippen molar-refractivity contribution in [3.05, 3.63) is 28.3 Å². The monoisotopic (exact) mass is 213 g/mol. The molecule has 1 aromatic carbocycles. The molecule has 0 heterocycles. The summed E-state index contributed by atoms with van der Waals surface area (Å²) in [5.74, 6) is 0.733. The summed E-state index contributed by atoms with van der Waals surface area (Å²) >= 11 is 6.05. The van der Waals surface area contributed by atoms with Gasteiger partial charge in [-0.05, 0) is 44.2 Å². The molecule has 1 unspecified atom stereocenters. The molecular formula is C11H16ClNO. The van der Waals surface area contributed by atoms with E-state index in [0.29, 0.717) is 11.1 Å². The predicted octanol–water partition coefficient (Wildman–Crippen LogP) is 2.94. The molecule has 1 atom stereocenters. The number of benzene rings is 1. The summed E-state index contributed by atoms with van der Waals surface area (Å²) in [6.07, 6.45) is 0. The molecule has 3 heteroatoms. The molecule has 78 valence electrons. The van der Waals surface area contributed by atoms with Crippen LogP contribution in [0.1, 0.15) is 24.1 Å². The first kappa shape index (κ1) is 11.3. The van der Waals surface area contributed by atoms with E-state index < -0.39 is 0 Å². The standard InChI is InChI=1S/C11H16ClNO/c1-7-5-11(14-4)10(12)6-9(7)8(2)13-3/h5-6,8,13H,1-4H3. The Bertz CT molecular complexity index is 325. The second-order valence-electron chi connectivity index (χ2n) is 3.35. The third-order valence-electron chi connectivity index (χ3n) is 2.44. The molecule has 2 nitrogen and oxygen atoms in total. The van der Waals surface area contributed by atoms with Crippen molar-refractivity contribution < 1.29 is 4.74 Å². The van der Waals surface area contributed by atoms with Crippen molar-refractivity contribution in [3.63, 3.8) is 0 Å². The van der Waals surface area contributed by atoms with E-state index in [1.54, 1.807) is 7.11 Å². The summed E-state index contributed by atoms with van der Waals surface area (Å²) in [4.78, 5) is 0. The van der Waals surface area contributed by atoms with Crippen LogP contribution in [0.2, 0.25) is 5.02 Å². The lowest BCUT2D eigenvalue weighted by Crippen LogP contribution is -2.13. The minimum absolute atomic E-state index is 0.304. The summed E-state index contributed by atoms with van der Waals surface area (Å²) in [7, 11) is 3.56. The van der Waals surface area contributed by atoms with Crippen LogP contribution in [0, 0.1) is 6.92 Å². The summed E-state index contributed by atoms with van der Waals surface area (Å²) < 4.78 is 5.14. The number of hydrogen-bond acceptors (Lipinski definition) is 2. The van der Waals surface area contributed by atoms with Crippen LogP contribution >= 0.6 is 11.6 Å². The fraction of sp³-hybridized carbons (Fsp3) is 0.455. The van der Waals surface area contributed by atoms with Gasteiger partial charge in [-0.15, -0.1) is 0 Å². The van der Waals surface area contributed by atoms with E-state index in [1.165, 1.54) is 11.1 Å². The van der Waals surface area contributed by atoms with Gasteiger partial charge in [-0.3, -0.25) is 0 Å². The summed E-state index contributed by atoms with van der Waals surface area (Å²) in [5.41, 5.74) is 2.39. The summed E-state index contributed by atoms with van der Waals surface area (Å²) in [6.45, 7) is 4.16. The highest BCUT2D eigenvalue weighted by Crippen LogP contribution is 2.30. The molecule has 0 saturated carbocycles. The van der Waals surface area contributed by atoms with E-state index in [0.717, 1.165) is 5.75 Å². The van der Waals surface area contributed by atoms with Crippen LogP contribution in [0.3, 0.4) is 0 Å². The van der Waals surface area contributed by atoms with Crippen LogP contribution in [-0.4, -0.2) is 14.2 Å². The quantitative estimate of drug-likeness (QED) is 0.834. The Hall–Kier alpha value is -0.730. The van der Waals surface area contributed by atoms with Gasteiger partial charge in [0.1, 0.15) is 5.75 Å². The zero-order valence-electron chi connectivity index (χ0n) is 9.02. The third kappa shape index (κ3) is 2.20. The van der Waals surface area contributed by atoms with E-state index in [2.05, 4.69) is 19.2 Å². The van der Waals surface area contributed by atoms with Crippen molar-refractivity contribution in [2.24, 2.45) is 0 Å². The molecule has 0 aliphatic heterocycles. The normalized spacial score (nSPS) is 12.6. The minimum atomic E-state index is 0.304. The van der Waals surface area contributed by atoms with Gasteiger partial charge in [0.15, 0.2) is 0 Å². The molecule has 0 amide bonds. The first-order chi connectivity index (χ1) is 6.60. The Morgan fingerprint density at radius 1 is 1.43 bits per heavy atom. The Morgan fingerprint density at radius 2 is 2.07 bits per heavy atom. The molecular weight excluding hydrogens is 198 g/mol. The van der Waals surface area contributed by atoms with Crippen molar-refractivity contribution in [2.45, 2.75) is 19.9 Å². The lowest BCUT2D eigenvalue weighted by molar-refractivity contribution is 0.414. The maximum Gasteiger partial charge on any atom is 0.137 e. The molecule has 0 aliphatic rings. The van der Waals surface area contributed by atoms with Gasteiger partial charge in [0.05, 0.1) is 12.1 Å². The van der Waals surface area contributed by atoms with Crippen LogP contribution in [0.4, 0.5) is 0 Å². The van der Waals surface area contributed by atoms with E-state index >= 15 is 0 Å².